The van der Waals surface area contributed by atoms with Gasteiger partial charge in [0.1, 0.15) is 12.3 Å². The lowest BCUT2D eigenvalue weighted by Gasteiger charge is -2.23. The molecule has 2 aromatic rings. The first-order chi connectivity index (χ1) is 10.6. The van der Waals surface area contributed by atoms with Crippen LogP contribution in [0.5, 0.6) is 0 Å². The number of hydrogen-bond donors (Lipinski definition) is 0. The Bertz CT molecular complexity index is 608. The number of rotatable bonds is 6. The third-order valence-corrected chi connectivity index (χ3v) is 3.39. The zero-order valence-electron chi connectivity index (χ0n) is 12.9. The molecule has 0 saturated carbocycles. The first kappa shape index (κ1) is 15.8. The van der Waals surface area contributed by atoms with Gasteiger partial charge in [0.05, 0.1) is 12.8 Å². The third kappa shape index (κ3) is 4.48. The van der Waals surface area contributed by atoms with E-state index in [2.05, 4.69) is 0 Å². The largest absolute Gasteiger partial charge is 0.467 e. The van der Waals surface area contributed by atoms with Crippen LogP contribution in [0, 0.1) is 0 Å². The molecule has 1 aromatic carbocycles. The predicted octanol–water partition coefficient (Wildman–Crippen LogP) is 2.29. The van der Waals surface area contributed by atoms with Crippen LogP contribution in [0.2, 0.25) is 0 Å². The van der Waals surface area contributed by atoms with Crippen molar-refractivity contribution >= 4 is 11.8 Å². The van der Waals surface area contributed by atoms with Gasteiger partial charge in [0.15, 0.2) is 0 Å². The molecule has 0 saturated heterocycles. The molecule has 0 fully saturated rings. The molecule has 0 radical (unpaired) electrons. The fourth-order valence-corrected chi connectivity index (χ4v) is 2.10. The number of carbonyl (C=O) groups is 2. The molecule has 0 aliphatic carbocycles. The number of carbonyl (C=O) groups excluding carboxylic acids is 2. The van der Waals surface area contributed by atoms with Crippen molar-refractivity contribution in [2.24, 2.45) is 0 Å². The van der Waals surface area contributed by atoms with Crippen LogP contribution < -0.4 is 0 Å². The molecular formula is C17H20N2O3. The van der Waals surface area contributed by atoms with E-state index in [1.165, 1.54) is 11.8 Å². The molecule has 0 atom stereocenters. The van der Waals surface area contributed by atoms with Crippen LogP contribution in [0.4, 0.5) is 0 Å². The summed E-state index contributed by atoms with van der Waals surface area (Å²) in [6, 6.07) is 13.3. The maximum absolute atomic E-state index is 12.3. The van der Waals surface area contributed by atoms with E-state index >= 15 is 0 Å². The molecule has 0 aliphatic rings. The lowest BCUT2D eigenvalue weighted by atomic mass is 10.2. The molecule has 5 heteroatoms. The van der Waals surface area contributed by atoms with Crippen molar-refractivity contribution in [1.82, 2.24) is 9.80 Å². The molecule has 116 valence electrons. The molecule has 0 bridgehead atoms. The maximum Gasteiger partial charge on any atom is 0.242 e. The van der Waals surface area contributed by atoms with E-state index in [-0.39, 0.29) is 18.4 Å². The van der Waals surface area contributed by atoms with E-state index in [1.807, 2.05) is 30.3 Å². The Morgan fingerprint density at radius 3 is 2.36 bits per heavy atom. The van der Waals surface area contributed by atoms with Gasteiger partial charge in [0.25, 0.3) is 0 Å². The van der Waals surface area contributed by atoms with Crippen LogP contribution in [-0.2, 0) is 22.7 Å². The lowest BCUT2D eigenvalue weighted by Crippen LogP contribution is -2.39. The summed E-state index contributed by atoms with van der Waals surface area (Å²) in [7, 11) is 1.74. The van der Waals surface area contributed by atoms with Crippen LogP contribution in [-0.4, -0.2) is 35.2 Å². The number of nitrogens with zero attached hydrogens (tertiary/aromatic N) is 2. The van der Waals surface area contributed by atoms with E-state index in [0.717, 1.165) is 5.56 Å². The molecule has 1 aromatic heterocycles. The molecule has 2 amide bonds. The summed E-state index contributed by atoms with van der Waals surface area (Å²) in [5.74, 6) is 0.400. The standard InChI is InChI=1S/C17H20N2O3/c1-14(20)19(12-16-9-6-10-22-16)13-17(21)18(2)11-15-7-4-3-5-8-15/h3-10H,11-13H2,1-2H3. The molecule has 0 N–H and O–H groups in total. The Kier molecular flexibility index (Phi) is 5.36. The second kappa shape index (κ2) is 7.45. The highest BCUT2D eigenvalue weighted by molar-refractivity contribution is 5.83. The van der Waals surface area contributed by atoms with Crippen molar-refractivity contribution < 1.29 is 14.0 Å². The average molecular weight is 300 g/mol. The molecule has 0 aliphatic heterocycles. The van der Waals surface area contributed by atoms with Gasteiger partial charge in [-0.25, -0.2) is 0 Å². The summed E-state index contributed by atoms with van der Waals surface area (Å²) in [5.41, 5.74) is 1.05. The number of furan rings is 1. The fourth-order valence-electron chi connectivity index (χ4n) is 2.10. The Hall–Kier alpha value is -2.56. The zero-order chi connectivity index (χ0) is 15.9. The monoisotopic (exact) mass is 300 g/mol. The first-order valence-corrected chi connectivity index (χ1v) is 7.12. The van der Waals surface area contributed by atoms with Crippen LogP contribution in [0.15, 0.2) is 53.1 Å². The first-order valence-electron chi connectivity index (χ1n) is 7.12. The van der Waals surface area contributed by atoms with Crippen molar-refractivity contribution in [1.29, 1.82) is 0 Å². The number of benzene rings is 1. The Morgan fingerprint density at radius 1 is 1.05 bits per heavy atom. The normalized spacial score (nSPS) is 10.3. The molecular weight excluding hydrogens is 280 g/mol. The quantitative estimate of drug-likeness (QED) is 0.822. The van der Waals surface area contributed by atoms with Crippen molar-refractivity contribution in [2.75, 3.05) is 13.6 Å². The highest BCUT2D eigenvalue weighted by atomic mass is 16.3. The Balaban J connectivity index is 1.94. The highest BCUT2D eigenvalue weighted by Crippen LogP contribution is 2.08. The van der Waals surface area contributed by atoms with Crippen molar-refractivity contribution in [3.05, 3.63) is 60.1 Å². The van der Waals surface area contributed by atoms with Crippen molar-refractivity contribution in [2.45, 2.75) is 20.0 Å². The highest BCUT2D eigenvalue weighted by Gasteiger charge is 2.18. The molecule has 1 heterocycles. The summed E-state index contributed by atoms with van der Waals surface area (Å²) in [5, 5.41) is 0. The summed E-state index contributed by atoms with van der Waals surface area (Å²) in [6.07, 6.45) is 1.55. The molecule has 2 rings (SSSR count). The molecule has 0 unspecified atom stereocenters. The summed E-state index contributed by atoms with van der Waals surface area (Å²) < 4.78 is 5.23. The minimum atomic E-state index is -0.155. The summed E-state index contributed by atoms with van der Waals surface area (Å²) in [6.45, 7) is 2.31. The van der Waals surface area contributed by atoms with Gasteiger partial charge in [-0.1, -0.05) is 30.3 Å². The van der Waals surface area contributed by atoms with E-state index < -0.39 is 0 Å². The second-order valence-corrected chi connectivity index (χ2v) is 5.19. The molecule has 22 heavy (non-hydrogen) atoms. The van der Waals surface area contributed by atoms with Gasteiger partial charge in [-0.3, -0.25) is 9.59 Å². The van der Waals surface area contributed by atoms with E-state index in [9.17, 15) is 9.59 Å². The van der Waals surface area contributed by atoms with Crippen LogP contribution in [0.1, 0.15) is 18.2 Å². The zero-order valence-corrected chi connectivity index (χ0v) is 12.9. The van der Waals surface area contributed by atoms with Crippen LogP contribution in [0.3, 0.4) is 0 Å². The Morgan fingerprint density at radius 2 is 1.77 bits per heavy atom. The minimum Gasteiger partial charge on any atom is -0.467 e. The second-order valence-electron chi connectivity index (χ2n) is 5.19. The topological polar surface area (TPSA) is 53.8 Å². The SMILES string of the molecule is CC(=O)N(CC(=O)N(C)Cc1ccccc1)Cc1ccco1. The summed E-state index contributed by atoms with van der Waals surface area (Å²) in [4.78, 5) is 27.1. The van der Waals surface area contributed by atoms with Crippen molar-refractivity contribution in [3.8, 4) is 0 Å². The molecule has 5 nitrogen and oxygen atoms in total. The lowest BCUT2D eigenvalue weighted by molar-refractivity contribution is -0.139. The number of amides is 2. The van der Waals surface area contributed by atoms with Crippen molar-refractivity contribution in [3.63, 3.8) is 0 Å². The van der Waals surface area contributed by atoms with Gasteiger partial charge < -0.3 is 14.2 Å². The van der Waals surface area contributed by atoms with Gasteiger partial charge in [-0.2, -0.15) is 0 Å². The number of hydrogen-bond acceptors (Lipinski definition) is 3. The minimum absolute atomic E-state index is 0.0410. The van der Waals surface area contributed by atoms with Gasteiger partial charge in [0, 0.05) is 20.5 Å². The maximum atomic E-state index is 12.3. The number of likely N-dealkylation sites (N-methyl/N-ethyl adjacent to an activating group) is 1. The third-order valence-electron chi connectivity index (χ3n) is 3.39. The fraction of sp³-hybridized carbons (Fsp3) is 0.294. The molecule has 0 spiro atoms. The van der Waals surface area contributed by atoms with E-state index in [1.54, 1.807) is 30.3 Å². The Labute approximate surface area is 130 Å². The van der Waals surface area contributed by atoms with Gasteiger partial charge in [-0.05, 0) is 17.7 Å². The van der Waals surface area contributed by atoms with Gasteiger partial charge in [-0.15, -0.1) is 0 Å². The smallest absolute Gasteiger partial charge is 0.242 e. The van der Waals surface area contributed by atoms with Gasteiger partial charge in [0.2, 0.25) is 11.8 Å². The van der Waals surface area contributed by atoms with Crippen LogP contribution >= 0.6 is 0 Å². The predicted molar refractivity (Wildman–Crippen MR) is 82.7 cm³/mol. The average Bonchev–Trinajstić information content (AvgIpc) is 3.00. The summed E-state index contributed by atoms with van der Waals surface area (Å²) >= 11 is 0. The van der Waals surface area contributed by atoms with Crippen LogP contribution in [0.25, 0.3) is 0 Å². The van der Waals surface area contributed by atoms with E-state index in [0.29, 0.717) is 18.8 Å². The van der Waals surface area contributed by atoms with Gasteiger partial charge >= 0.3 is 0 Å². The van der Waals surface area contributed by atoms with E-state index in [4.69, 9.17) is 4.42 Å².